The van der Waals surface area contributed by atoms with Crippen molar-refractivity contribution < 1.29 is 38.3 Å². The van der Waals surface area contributed by atoms with Crippen LogP contribution in [0.3, 0.4) is 0 Å². The zero-order valence-corrected chi connectivity index (χ0v) is 21.9. The van der Waals surface area contributed by atoms with Crippen LogP contribution in [0.1, 0.15) is 103 Å². The van der Waals surface area contributed by atoms with Gasteiger partial charge in [-0.15, -0.1) is 0 Å². The number of hydrogen-bond acceptors (Lipinski definition) is 7. The van der Waals surface area contributed by atoms with Crippen LogP contribution in [0.4, 0.5) is 0 Å². The fourth-order valence-electron chi connectivity index (χ4n) is 4.09. The van der Waals surface area contributed by atoms with Crippen molar-refractivity contribution in [1.29, 1.82) is 0 Å². The molecule has 9 nitrogen and oxygen atoms in total. The topological polar surface area (TPSA) is 135 Å². The summed E-state index contributed by atoms with van der Waals surface area (Å²) in [5.41, 5.74) is 0. The first-order valence-corrected chi connectivity index (χ1v) is 14.7. The maximum atomic E-state index is 12.0. The number of nitrogens with one attached hydrogen (secondary N) is 1. The highest BCUT2D eigenvalue weighted by Crippen LogP contribution is 2.46. The number of phosphoric ester groups is 1. The number of carbonyl (C=O) groups is 1. The Bertz CT molecular complexity index is 565. The SMILES string of the molecule is CCCCCCCCCCCCCCCCOC[C@H](O)COP(=O)(O)OC1CCN[C@@H]1C(=O)O. The van der Waals surface area contributed by atoms with Gasteiger partial charge in [0.05, 0.1) is 19.3 Å². The molecule has 1 saturated heterocycles. The van der Waals surface area contributed by atoms with Crippen molar-refractivity contribution in [1.82, 2.24) is 5.32 Å². The molecule has 4 atom stereocenters. The van der Waals surface area contributed by atoms with E-state index in [0.29, 0.717) is 13.2 Å². The van der Waals surface area contributed by atoms with E-state index >= 15 is 0 Å². The number of carboxylic acid groups (broad SMARTS) is 1. The predicted molar refractivity (Wildman–Crippen MR) is 132 cm³/mol. The fourth-order valence-corrected chi connectivity index (χ4v) is 5.08. The van der Waals surface area contributed by atoms with Crippen molar-refractivity contribution >= 4 is 13.8 Å². The molecule has 1 aliphatic rings. The number of hydrogen-bond donors (Lipinski definition) is 4. The molecule has 2 unspecified atom stereocenters. The van der Waals surface area contributed by atoms with Gasteiger partial charge in [0.2, 0.25) is 0 Å². The van der Waals surface area contributed by atoms with Crippen LogP contribution >= 0.6 is 7.82 Å². The normalized spacial score (nSPS) is 20.9. The highest BCUT2D eigenvalue weighted by molar-refractivity contribution is 7.47. The third-order valence-electron chi connectivity index (χ3n) is 6.08. The Hall–Kier alpha value is -0.540. The summed E-state index contributed by atoms with van der Waals surface area (Å²) in [6.07, 6.45) is 16.3. The monoisotopic (exact) mass is 509 g/mol. The first-order chi connectivity index (χ1) is 16.4. The molecule has 1 heterocycles. The summed E-state index contributed by atoms with van der Waals surface area (Å²) in [6, 6.07) is -1.05. The number of aliphatic carboxylic acids is 1. The molecule has 0 saturated carbocycles. The Labute approximate surface area is 205 Å². The Morgan fingerprint density at radius 2 is 1.47 bits per heavy atom. The van der Waals surface area contributed by atoms with E-state index in [-0.39, 0.29) is 13.0 Å². The number of rotatable bonds is 23. The summed E-state index contributed by atoms with van der Waals surface area (Å²) in [6.45, 7) is 2.72. The molecular formula is C24H48NO8P. The van der Waals surface area contributed by atoms with E-state index in [1.54, 1.807) is 0 Å². The van der Waals surface area contributed by atoms with E-state index in [1.165, 1.54) is 77.0 Å². The molecule has 0 aliphatic carbocycles. The Balaban J connectivity index is 1.91. The van der Waals surface area contributed by atoms with Crippen molar-refractivity contribution in [2.45, 2.75) is 121 Å². The third-order valence-corrected chi connectivity index (χ3v) is 7.09. The first kappa shape index (κ1) is 31.5. The van der Waals surface area contributed by atoms with E-state index in [0.717, 1.165) is 12.8 Å². The van der Waals surface area contributed by atoms with Gasteiger partial charge < -0.3 is 25.2 Å². The number of carboxylic acids is 1. The van der Waals surface area contributed by atoms with Gasteiger partial charge >= 0.3 is 13.8 Å². The molecule has 0 aromatic carbocycles. The molecule has 1 rings (SSSR count). The molecular weight excluding hydrogens is 461 g/mol. The van der Waals surface area contributed by atoms with Crippen molar-refractivity contribution in [3.8, 4) is 0 Å². The Morgan fingerprint density at radius 1 is 0.941 bits per heavy atom. The standard InChI is InChI=1S/C24H48NO8P/c1-2-3-4-5-6-7-8-9-10-11-12-13-14-15-18-31-19-21(26)20-32-34(29,30)33-22-16-17-25-23(22)24(27)28/h21-23,25-26H,2-20H2,1H3,(H,27,28)(H,29,30)/t21-,22?,23-/m0/s1. The second-order valence-corrected chi connectivity index (χ2v) is 10.7. The zero-order chi connectivity index (χ0) is 25.1. The van der Waals surface area contributed by atoms with Crippen molar-refractivity contribution in [2.24, 2.45) is 0 Å². The van der Waals surface area contributed by atoms with Gasteiger partial charge in [0.25, 0.3) is 0 Å². The quantitative estimate of drug-likeness (QED) is 0.113. The summed E-state index contributed by atoms with van der Waals surface area (Å²) < 4.78 is 27.2. The maximum Gasteiger partial charge on any atom is 0.472 e. The second kappa shape index (κ2) is 19.6. The van der Waals surface area contributed by atoms with E-state index in [2.05, 4.69) is 12.2 Å². The molecule has 202 valence electrons. The lowest BCUT2D eigenvalue weighted by Gasteiger charge is -2.20. The van der Waals surface area contributed by atoms with Crippen LogP contribution in [0, 0.1) is 0 Å². The molecule has 10 heteroatoms. The van der Waals surface area contributed by atoms with Gasteiger partial charge in [-0.1, -0.05) is 90.4 Å². The predicted octanol–water partition coefficient (Wildman–Crippen LogP) is 4.79. The number of phosphoric acid groups is 1. The molecule has 0 radical (unpaired) electrons. The average molecular weight is 510 g/mol. The number of aliphatic hydroxyl groups excluding tert-OH is 1. The molecule has 4 N–H and O–H groups in total. The average Bonchev–Trinajstić information content (AvgIpc) is 3.25. The van der Waals surface area contributed by atoms with Crippen LogP contribution in [0.2, 0.25) is 0 Å². The second-order valence-electron chi connectivity index (χ2n) is 9.29. The van der Waals surface area contributed by atoms with Crippen LogP contribution < -0.4 is 5.32 Å². The largest absolute Gasteiger partial charge is 0.480 e. The van der Waals surface area contributed by atoms with Gasteiger partial charge in [0.15, 0.2) is 0 Å². The highest BCUT2D eigenvalue weighted by atomic mass is 31.2. The smallest absolute Gasteiger partial charge is 0.472 e. The van der Waals surface area contributed by atoms with Crippen LogP contribution in [-0.2, 0) is 23.1 Å². The lowest BCUT2D eigenvalue weighted by molar-refractivity contribution is -0.141. The van der Waals surface area contributed by atoms with Gasteiger partial charge in [-0.2, -0.15) is 0 Å². The molecule has 1 aliphatic heterocycles. The lowest BCUT2D eigenvalue weighted by Crippen LogP contribution is -2.39. The van der Waals surface area contributed by atoms with Crippen molar-refractivity contribution in [2.75, 3.05) is 26.4 Å². The number of ether oxygens (including phenoxy) is 1. The number of unbranched alkanes of at least 4 members (excludes halogenated alkanes) is 13. The summed E-state index contributed by atoms with van der Waals surface area (Å²) >= 11 is 0. The summed E-state index contributed by atoms with van der Waals surface area (Å²) in [4.78, 5) is 20.9. The minimum Gasteiger partial charge on any atom is -0.480 e. The van der Waals surface area contributed by atoms with Gasteiger partial charge in [-0.05, 0) is 19.4 Å². The summed E-state index contributed by atoms with van der Waals surface area (Å²) in [5, 5.41) is 21.6. The van der Waals surface area contributed by atoms with Crippen molar-refractivity contribution in [3.63, 3.8) is 0 Å². The fraction of sp³-hybridized carbons (Fsp3) is 0.958. The molecule has 34 heavy (non-hydrogen) atoms. The molecule has 0 spiro atoms. The molecule has 0 amide bonds. The van der Waals surface area contributed by atoms with Gasteiger partial charge in [0.1, 0.15) is 12.1 Å². The molecule has 1 fully saturated rings. The Morgan fingerprint density at radius 3 is 2.00 bits per heavy atom. The zero-order valence-electron chi connectivity index (χ0n) is 21.0. The van der Waals surface area contributed by atoms with Gasteiger partial charge in [-0.3, -0.25) is 13.8 Å². The molecule has 0 bridgehead atoms. The molecule has 0 aromatic heterocycles. The van der Waals surface area contributed by atoms with Crippen LogP contribution in [0.15, 0.2) is 0 Å². The summed E-state index contributed by atoms with van der Waals surface area (Å²) in [7, 11) is -4.47. The minimum absolute atomic E-state index is 0.00117. The maximum absolute atomic E-state index is 12.0. The molecule has 0 aromatic rings. The van der Waals surface area contributed by atoms with E-state index in [4.69, 9.17) is 18.9 Å². The first-order valence-electron chi connectivity index (χ1n) is 13.2. The lowest BCUT2D eigenvalue weighted by atomic mass is 10.0. The van der Waals surface area contributed by atoms with E-state index in [1.807, 2.05) is 0 Å². The minimum atomic E-state index is -4.47. The third kappa shape index (κ3) is 16.2. The van der Waals surface area contributed by atoms with Gasteiger partial charge in [-0.25, -0.2) is 4.57 Å². The van der Waals surface area contributed by atoms with E-state index < -0.39 is 38.6 Å². The summed E-state index contributed by atoms with van der Waals surface area (Å²) in [5.74, 6) is -1.15. The van der Waals surface area contributed by atoms with Gasteiger partial charge in [0, 0.05) is 6.61 Å². The Kier molecular flexibility index (Phi) is 18.2. The van der Waals surface area contributed by atoms with Crippen LogP contribution in [-0.4, -0.2) is 65.7 Å². The van der Waals surface area contributed by atoms with E-state index in [9.17, 15) is 19.4 Å². The van der Waals surface area contributed by atoms with Crippen LogP contribution in [0.25, 0.3) is 0 Å². The van der Waals surface area contributed by atoms with Crippen LogP contribution in [0.5, 0.6) is 0 Å². The van der Waals surface area contributed by atoms with Crippen molar-refractivity contribution in [3.05, 3.63) is 0 Å². The highest BCUT2D eigenvalue weighted by Gasteiger charge is 2.39. The number of aliphatic hydroxyl groups is 1.